The second kappa shape index (κ2) is 8.46. The van der Waals surface area contributed by atoms with Crippen molar-refractivity contribution in [3.63, 3.8) is 0 Å². The summed E-state index contributed by atoms with van der Waals surface area (Å²) in [5.74, 6) is 0.318. The summed E-state index contributed by atoms with van der Waals surface area (Å²) in [5.41, 5.74) is 5.47. The number of carbonyl (C=O) groups is 2. The van der Waals surface area contributed by atoms with E-state index >= 15 is 0 Å². The van der Waals surface area contributed by atoms with Gasteiger partial charge in [0.05, 0.1) is 13.7 Å². The molecule has 1 amide bonds. The molecule has 21 heavy (non-hydrogen) atoms. The van der Waals surface area contributed by atoms with E-state index in [1.165, 1.54) is 12.0 Å². The number of ether oxygens (including phenoxy) is 1. The number of hydrogen-bond donors (Lipinski definition) is 1. The summed E-state index contributed by atoms with van der Waals surface area (Å²) in [6, 6.07) is 3.25. The van der Waals surface area contributed by atoms with Crippen molar-refractivity contribution in [3.05, 3.63) is 23.7 Å². The maximum atomic E-state index is 12.5. The van der Waals surface area contributed by atoms with Crippen molar-refractivity contribution in [3.8, 4) is 0 Å². The molecule has 0 saturated heterocycles. The van der Waals surface area contributed by atoms with E-state index in [1.54, 1.807) is 12.1 Å². The minimum absolute atomic E-state index is 0.0789. The highest BCUT2D eigenvalue weighted by molar-refractivity contribution is 5.93. The molecule has 0 aliphatic carbocycles. The zero-order valence-electron chi connectivity index (χ0n) is 12.9. The van der Waals surface area contributed by atoms with Crippen LogP contribution in [-0.4, -0.2) is 37.0 Å². The molecular weight excluding hydrogens is 272 g/mol. The molecule has 1 heterocycles. The number of rotatable bonds is 8. The fraction of sp³-hybridized carbons (Fsp3) is 0.600. The van der Waals surface area contributed by atoms with Gasteiger partial charge in [-0.3, -0.25) is 9.59 Å². The SMILES string of the molecule is CCC(CC)CN(CC(=O)OC)C(=O)c1ccc(CN)o1. The number of nitrogens with zero attached hydrogens (tertiary/aromatic N) is 1. The molecule has 0 saturated carbocycles. The zero-order valence-corrected chi connectivity index (χ0v) is 12.9. The van der Waals surface area contributed by atoms with Gasteiger partial charge in [-0.1, -0.05) is 26.7 Å². The molecule has 0 fully saturated rings. The Morgan fingerprint density at radius 3 is 2.48 bits per heavy atom. The summed E-state index contributed by atoms with van der Waals surface area (Å²) < 4.78 is 10.0. The van der Waals surface area contributed by atoms with Crippen LogP contribution in [0, 0.1) is 5.92 Å². The van der Waals surface area contributed by atoms with E-state index in [1.807, 2.05) is 0 Å². The second-order valence-electron chi connectivity index (χ2n) is 4.91. The van der Waals surface area contributed by atoms with E-state index in [-0.39, 0.29) is 24.8 Å². The maximum absolute atomic E-state index is 12.5. The smallest absolute Gasteiger partial charge is 0.325 e. The number of nitrogens with two attached hydrogens (primary N) is 1. The average Bonchev–Trinajstić information content (AvgIpc) is 2.99. The number of carbonyl (C=O) groups excluding carboxylic acids is 2. The Morgan fingerprint density at radius 2 is 2.00 bits per heavy atom. The Kier molecular flexibility index (Phi) is 6.94. The summed E-state index contributed by atoms with van der Waals surface area (Å²) in [6.45, 7) is 4.78. The molecule has 0 bridgehead atoms. The summed E-state index contributed by atoms with van der Waals surface area (Å²) in [7, 11) is 1.31. The van der Waals surface area contributed by atoms with Crippen LogP contribution < -0.4 is 5.73 Å². The third-order valence-electron chi connectivity index (χ3n) is 3.54. The minimum Gasteiger partial charge on any atom is -0.468 e. The topological polar surface area (TPSA) is 85.8 Å². The van der Waals surface area contributed by atoms with E-state index in [0.717, 1.165) is 12.8 Å². The standard InChI is InChI=1S/C15H24N2O4/c1-4-11(5-2)9-17(10-14(18)20-3)15(19)13-7-6-12(8-16)21-13/h6-7,11H,4-5,8-10,16H2,1-3H3. The molecule has 0 aliphatic rings. The number of hydrogen-bond acceptors (Lipinski definition) is 5. The van der Waals surface area contributed by atoms with Crippen molar-refractivity contribution in [1.82, 2.24) is 4.90 Å². The Morgan fingerprint density at radius 1 is 1.33 bits per heavy atom. The molecule has 118 valence electrons. The molecule has 2 N–H and O–H groups in total. The quantitative estimate of drug-likeness (QED) is 0.739. The highest BCUT2D eigenvalue weighted by atomic mass is 16.5. The summed E-state index contributed by atoms with van der Waals surface area (Å²) >= 11 is 0. The third kappa shape index (κ3) is 4.90. The number of esters is 1. The lowest BCUT2D eigenvalue weighted by atomic mass is 10.0. The van der Waals surface area contributed by atoms with Gasteiger partial charge in [-0.15, -0.1) is 0 Å². The lowest BCUT2D eigenvalue weighted by molar-refractivity contribution is -0.141. The van der Waals surface area contributed by atoms with Crippen molar-refractivity contribution in [2.24, 2.45) is 11.7 Å². The maximum Gasteiger partial charge on any atom is 0.325 e. The second-order valence-corrected chi connectivity index (χ2v) is 4.91. The lowest BCUT2D eigenvalue weighted by Gasteiger charge is -2.24. The van der Waals surface area contributed by atoms with Gasteiger partial charge in [-0.25, -0.2) is 0 Å². The fourth-order valence-electron chi connectivity index (χ4n) is 2.06. The molecule has 0 radical (unpaired) electrons. The number of methoxy groups -OCH3 is 1. The van der Waals surface area contributed by atoms with Gasteiger partial charge in [0.1, 0.15) is 12.3 Å². The van der Waals surface area contributed by atoms with Gasteiger partial charge in [0.25, 0.3) is 5.91 Å². The van der Waals surface area contributed by atoms with E-state index in [2.05, 4.69) is 18.6 Å². The van der Waals surface area contributed by atoms with Gasteiger partial charge in [0.15, 0.2) is 5.76 Å². The molecule has 0 spiro atoms. The first-order valence-electron chi connectivity index (χ1n) is 7.20. The first-order chi connectivity index (χ1) is 10.0. The van der Waals surface area contributed by atoms with Crippen LogP contribution in [0.15, 0.2) is 16.5 Å². The van der Waals surface area contributed by atoms with Crippen molar-refractivity contribution in [2.45, 2.75) is 33.2 Å². The fourth-order valence-corrected chi connectivity index (χ4v) is 2.06. The van der Waals surface area contributed by atoms with Gasteiger partial charge in [0, 0.05) is 6.54 Å². The largest absolute Gasteiger partial charge is 0.468 e. The van der Waals surface area contributed by atoms with Crippen molar-refractivity contribution >= 4 is 11.9 Å². The lowest BCUT2D eigenvalue weighted by Crippen LogP contribution is -2.39. The molecule has 1 rings (SSSR count). The normalized spacial score (nSPS) is 10.7. The molecule has 6 nitrogen and oxygen atoms in total. The Balaban J connectivity index is 2.87. The first-order valence-corrected chi connectivity index (χ1v) is 7.20. The molecular formula is C15H24N2O4. The molecule has 0 aromatic carbocycles. The Hall–Kier alpha value is -1.82. The molecule has 0 atom stereocenters. The van der Waals surface area contributed by atoms with Crippen molar-refractivity contribution < 1.29 is 18.7 Å². The van der Waals surface area contributed by atoms with Crippen molar-refractivity contribution in [2.75, 3.05) is 20.2 Å². The van der Waals surface area contributed by atoms with Crippen LogP contribution in [0.4, 0.5) is 0 Å². The Labute approximate surface area is 125 Å². The number of amides is 1. The summed E-state index contributed by atoms with van der Waals surface area (Å²) in [6.07, 6.45) is 1.88. The van der Waals surface area contributed by atoms with Gasteiger partial charge < -0.3 is 19.8 Å². The molecule has 1 aromatic rings. The zero-order chi connectivity index (χ0) is 15.8. The van der Waals surface area contributed by atoms with Crippen LogP contribution in [0.3, 0.4) is 0 Å². The summed E-state index contributed by atoms with van der Waals surface area (Å²) in [5, 5.41) is 0. The minimum atomic E-state index is -0.445. The van der Waals surface area contributed by atoms with Crippen LogP contribution in [0.2, 0.25) is 0 Å². The monoisotopic (exact) mass is 296 g/mol. The van der Waals surface area contributed by atoms with Crippen LogP contribution in [0.5, 0.6) is 0 Å². The van der Waals surface area contributed by atoms with Crippen LogP contribution in [-0.2, 0) is 16.1 Å². The molecule has 0 unspecified atom stereocenters. The van der Waals surface area contributed by atoms with E-state index in [9.17, 15) is 9.59 Å². The number of furan rings is 1. The first kappa shape index (κ1) is 17.2. The van der Waals surface area contributed by atoms with Gasteiger partial charge in [0.2, 0.25) is 0 Å². The van der Waals surface area contributed by atoms with Crippen LogP contribution >= 0.6 is 0 Å². The molecule has 6 heteroatoms. The average molecular weight is 296 g/mol. The summed E-state index contributed by atoms with van der Waals surface area (Å²) in [4.78, 5) is 25.5. The van der Waals surface area contributed by atoms with Crippen LogP contribution in [0.25, 0.3) is 0 Å². The van der Waals surface area contributed by atoms with E-state index in [4.69, 9.17) is 10.2 Å². The highest BCUT2D eigenvalue weighted by Gasteiger charge is 2.24. The van der Waals surface area contributed by atoms with E-state index in [0.29, 0.717) is 18.2 Å². The predicted octanol–water partition coefficient (Wildman–Crippen LogP) is 1.79. The third-order valence-corrected chi connectivity index (χ3v) is 3.54. The van der Waals surface area contributed by atoms with Gasteiger partial charge in [-0.05, 0) is 18.1 Å². The predicted molar refractivity (Wildman–Crippen MR) is 78.6 cm³/mol. The van der Waals surface area contributed by atoms with Crippen molar-refractivity contribution in [1.29, 1.82) is 0 Å². The van der Waals surface area contributed by atoms with Gasteiger partial charge >= 0.3 is 5.97 Å². The highest BCUT2D eigenvalue weighted by Crippen LogP contribution is 2.15. The Bertz CT molecular complexity index is 466. The van der Waals surface area contributed by atoms with Crippen LogP contribution in [0.1, 0.15) is 43.0 Å². The molecule has 1 aromatic heterocycles. The molecule has 0 aliphatic heterocycles. The van der Waals surface area contributed by atoms with Gasteiger partial charge in [-0.2, -0.15) is 0 Å². The van der Waals surface area contributed by atoms with E-state index < -0.39 is 5.97 Å².